The van der Waals surface area contributed by atoms with Gasteiger partial charge in [0.05, 0.1) is 16.6 Å². The van der Waals surface area contributed by atoms with Crippen LogP contribution in [0.25, 0.3) is 10.9 Å². The Hall–Kier alpha value is -3.64. The summed E-state index contributed by atoms with van der Waals surface area (Å²) in [5, 5.41) is 13.2. The van der Waals surface area contributed by atoms with Gasteiger partial charge in [-0.1, -0.05) is 11.6 Å². The molecule has 0 aliphatic carbocycles. The number of hydrogen-bond donors (Lipinski definition) is 2. The predicted octanol–water partition coefficient (Wildman–Crippen LogP) is 4.02. The molecule has 3 atom stereocenters. The van der Waals surface area contributed by atoms with Crippen molar-refractivity contribution in [3.8, 4) is 11.8 Å². The number of anilines is 1. The number of nitroso groups, excluding NO2 is 1. The van der Waals surface area contributed by atoms with Crippen LogP contribution in [0, 0.1) is 16.2 Å². The van der Waals surface area contributed by atoms with Crippen LogP contribution in [0.1, 0.15) is 50.4 Å². The number of fused-ring (bicyclic) bond motifs is 1. The van der Waals surface area contributed by atoms with Crippen molar-refractivity contribution < 1.29 is 9.50 Å². The fraction of sp³-hybridized carbons (Fsp3) is 0.400. The second-order valence-electron chi connectivity index (χ2n) is 8.92. The van der Waals surface area contributed by atoms with Gasteiger partial charge < -0.3 is 19.6 Å². The van der Waals surface area contributed by atoms with Crippen LogP contribution in [-0.4, -0.2) is 33.0 Å². The molecule has 35 heavy (non-hydrogen) atoms. The molecule has 0 radical (unpaired) electrons. The summed E-state index contributed by atoms with van der Waals surface area (Å²) in [4.78, 5) is 40.5. The number of benzene rings is 1. The van der Waals surface area contributed by atoms with E-state index in [1.165, 1.54) is 17.7 Å². The third kappa shape index (κ3) is 4.93. The van der Waals surface area contributed by atoms with Crippen molar-refractivity contribution in [1.29, 1.82) is 5.26 Å². The normalized spacial score (nSPS) is 17.6. The first-order valence-electron chi connectivity index (χ1n) is 11.5. The molecule has 182 valence electrons. The first-order valence-corrected chi connectivity index (χ1v) is 11.9. The Morgan fingerprint density at radius 1 is 1.26 bits per heavy atom. The zero-order valence-electron chi connectivity index (χ0n) is 19.8. The monoisotopic (exact) mass is 496 g/mol. The van der Waals surface area contributed by atoms with Crippen LogP contribution in [0.2, 0.25) is 5.02 Å². The van der Waals surface area contributed by atoms with E-state index in [-0.39, 0.29) is 34.6 Å². The molecule has 10 heteroatoms. The topological polar surface area (TPSA) is 120 Å². The molecule has 2 aromatic heterocycles. The number of ether oxygens (including phenoxy) is 1. The van der Waals surface area contributed by atoms with Gasteiger partial charge in [-0.2, -0.15) is 5.26 Å². The SMILES string of the molecule is C[C@H](Nc1ccc(C#N)n(C)c1=O)c1cc2cc(Cl)c(O[C@H](C)C3CCCC[N+]3=O)cc2[nH]c1=O. The summed E-state index contributed by atoms with van der Waals surface area (Å²) in [6, 6.07) is 9.41. The molecule has 9 nitrogen and oxygen atoms in total. The minimum Gasteiger partial charge on any atom is -0.482 e. The van der Waals surface area contributed by atoms with Gasteiger partial charge in [-0.15, -0.1) is 0 Å². The maximum absolute atomic E-state index is 12.9. The van der Waals surface area contributed by atoms with Crippen molar-refractivity contribution in [2.75, 3.05) is 11.9 Å². The molecule has 1 aromatic carbocycles. The maximum atomic E-state index is 12.9. The molecule has 0 saturated carbocycles. The van der Waals surface area contributed by atoms with E-state index in [0.29, 0.717) is 33.8 Å². The van der Waals surface area contributed by atoms with Gasteiger partial charge in [-0.3, -0.25) is 9.59 Å². The Morgan fingerprint density at radius 3 is 2.74 bits per heavy atom. The minimum atomic E-state index is -0.493. The number of hydrogen-bond acceptors (Lipinski definition) is 6. The molecular weight excluding hydrogens is 470 g/mol. The lowest BCUT2D eigenvalue weighted by Gasteiger charge is -2.22. The largest absolute Gasteiger partial charge is 0.482 e. The molecule has 3 aromatic rings. The zero-order chi connectivity index (χ0) is 25.3. The molecular formula is C25H27ClN5O4+. The Bertz CT molecular complexity index is 1460. The van der Waals surface area contributed by atoms with E-state index in [4.69, 9.17) is 21.6 Å². The van der Waals surface area contributed by atoms with E-state index in [2.05, 4.69) is 10.3 Å². The fourth-order valence-corrected chi connectivity index (χ4v) is 4.70. The summed E-state index contributed by atoms with van der Waals surface area (Å²) in [5.74, 6) is 0.404. The number of nitriles is 1. The highest BCUT2D eigenvalue weighted by molar-refractivity contribution is 6.32. The fourth-order valence-electron chi connectivity index (χ4n) is 4.48. The third-order valence-electron chi connectivity index (χ3n) is 6.54. The lowest BCUT2D eigenvalue weighted by atomic mass is 10.0. The Labute approximate surface area is 206 Å². The van der Waals surface area contributed by atoms with Crippen LogP contribution in [0.15, 0.2) is 39.9 Å². The van der Waals surface area contributed by atoms with Crippen LogP contribution >= 0.6 is 11.6 Å². The average molecular weight is 497 g/mol. The quantitative estimate of drug-likeness (QED) is 0.497. The molecule has 0 amide bonds. The highest BCUT2D eigenvalue weighted by Gasteiger charge is 2.35. The Kier molecular flexibility index (Phi) is 6.94. The molecule has 0 spiro atoms. The van der Waals surface area contributed by atoms with E-state index < -0.39 is 6.04 Å². The number of H-pyrrole nitrogens is 1. The predicted molar refractivity (Wildman–Crippen MR) is 134 cm³/mol. The number of nitrogens with one attached hydrogen (secondary N) is 2. The van der Waals surface area contributed by atoms with Crippen LogP contribution in [0.3, 0.4) is 0 Å². The van der Waals surface area contributed by atoms with Crippen LogP contribution in [0.4, 0.5) is 5.69 Å². The molecule has 1 aliphatic heterocycles. The second kappa shape index (κ2) is 9.92. The number of rotatable bonds is 6. The van der Waals surface area contributed by atoms with Gasteiger partial charge in [0.1, 0.15) is 23.2 Å². The van der Waals surface area contributed by atoms with Crippen LogP contribution in [0.5, 0.6) is 5.75 Å². The summed E-state index contributed by atoms with van der Waals surface area (Å²) in [7, 11) is 1.52. The van der Waals surface area contributed by atoms with Crippen molar-refractivity contribution in [3.05, 3.63) is 72.2 Å². The summed E-state index contributed by atoms with van der Waals surface area (Å²) >= 11 is 6.50. The van der Waals surface area contributed by atoms with Gasteiger partial charge in [0.25, 0.3) is 11.1 Å². The number of aromatic amines is 1. The maximum Gasteiger partial charge on any atom is 0.274 e. The van der Waals surface area contributed by atoms with Gasteiger partial charge in [0.15, 0.2) is 12.6 Å². The van der Waals surface area contributed by atoms with E-state index in [1.807, 2.05) is 13.0 Å². The summed E-state index contributed by atoms with van der Waals surface area (Å²) in [6.45, 7) is 4.13. The summed E-state index contributed by atoms with van der Waals surface area (Å²) in [6.07, 6.45) is 2.29. The van der Waals surface area contributed by atoms with Crippen molar-refractivity contribution in [1.82, 2.24) is 9.55 Å². The first kappa shape index (κ1) is 24.5. The molecule has 3 heterocycles. The smallest absolute Gasteiger partial charge is 0.274 e. The van der Waals surface area contributed by atoms with Gasteiger partial charge >= 0.3 is 0 Å². The van der Waals surface area contributed by atoms with E-state index in [1.54, 1.807) is 31.2 Å². The third-order valence-corrected chi connectivity index (χ3v) is 6.83. The van der Waals surface area contributed by atoms with Gasteiger partial charge in [-0.25, -0.2) is 0 Å². The number of aromatic nitrogens is 2. The molecule has 1 saturated heterocycles. The van der Waals surface area contributed by atoms with E-state index >= 15 is 0 Å². The van der Waals surface area contributed by atoms with Crippen molar-refractivity contribution in [3.63, 3.8) is 0 Å². The van der Waals surface area contributed by atoms with Crippen molar-refractivity contribution in [2.24, 2.45) is 7.05 Å². The molecule has 2 N–H and O–H groups in total. The van der Waals surface area contributed by atoms with E-state index in [9.17, 15) is 14.5 Å². The van der Waals surface area contributed by atoms with Crippen molar-refractivity contribution >= 4 is 28.2 Å². The number of pyridine rings is 2. The van der Waals surface area contributed by atoms with Crippen molar-refractivity contribution in [2.45, 2.75) is 51.3 Å². The molecule has 1 unspecified atom stereocenters. The number of piperidine rings is 1. The lowest BCUT2D eigenvalue weighted by molar-refractivity contribution is -0.603. The molecule has 1 aliphatic rings. The van der Waals surface area contributed by atoms with Gasteiger partial charge in [-0.05, 0) is 44.5 Å². The zero-order valence-corrected chi connectivity index (χ0v) is 20.6. The lowest BCUT2D eigenvalue weighted by Crippen LogP contribution is -2.41. The standard InChI is InChI=1S/C25H26ClN5O4/c1-14(28-20-8-7-17(13-27)30(3)25(20)33)18-10-16-11-19(26)23(12-21(16)29-24(18)32)35-15(2)22-6-4-5-9-31(22)34/h7-8,10-12,14-15,22,28H,4-6,9H2,1-3H3/p+1/t14-,15+,22?/m0/s1. The van der Waals surface area contributed by atoms with Gasteiger partial charge in [0, 0.05) is 46.6 Å². The molecule has 0 bridgehead atoms. The number of halogens is 1. The number of nitrogens with zero attached hydrogens (tertiary/aromatic N) is 3. The van der Waals surface area contributed by atoms with Gasteiger partial charge in [0.2, 0.25) is 6.04 Å². The van der Waals surface area contributed by atoms with Crippen LogP contribution < -0.4 is 21.2 Å². The van der Waals surface area contributed by atoms with Crippen LogP contribution in [-0.2, 0) is 7.05 Å². The molecule has 4 rings (SSSR count). The molecule has 1 fully saturated rings. The highest BCUT2D eigenvalue weighted by Crippen LogP contribution is 2.32. The highest BCUT2D eigenvalue weighted by atomic mass is 35.5. The summed E-state index contributed by atoms with van der Waals surface area (Å²) in [5.41, 5.74) is 0.819. The average Bonchev–Trinajstić information content (AvgIpc) is 2.82. The minimum absolute atomic E-state index is 0.237. The Balaban J connectivity index is 1.60. The van der Waals surface area contributed by atoms with E-state index in [0.717, 1.165) is 24.0 Å². The Morgan fingerprint density at radius 2 is 2.03 bits per heavy atom. The summed E-state index contributed by atoms with van der Waals surface area (Å²) < 4.78 is 8.36. The second-order valence-corrected chi connectivity index (χ2v) is 9.33. The first-order chi connectivity index (χ1) is 16.7.